The number of aliphatic hydroxyl groups excluding tert-OH is 1. The van der Waals surface area contributed by atoms with Crippen LogP contribution in [0, 0.1) is 0 Å². The Morgan fingerprint density at radius 2 is 2.21 bits per heavy atom. The molecule has 0 aromatic carbocycles. The van der Waals surface area contributed by atoms with Crippen LogP contribution in [-0.2, 0) is 19.5 Å². The Hall–Kier alpha value is -1.40. The summed E-state index contributed by atoms with van der Waals surface area (Å²) in [5.41, 5.74) is 6.78. The van der Waals surface area contributed by atoms with Crippen LogP contribution in [0.1, 0.15) is 41.3 Å². The second-order valence-corrected chi connectivity index (χ2v) is 5.11. The molecule has 1 aromatic rings. The number of carbonyl (C=O) groups is 1. The molecule has 0 unspecified atom stereocenters. The minimum Gasteiger partial charge on any atom is -0.396 e. The lowest BCUT2D eigenvalue weighted by Gasteiger charge is -2.12. The molecule has 1 amide bonds. The summed E-state index contributed by atoms with van der Waals surface area (Å²) >= 11 is 0. The zero-order chi connectivity index (χ0) is 13.8. The Bertz CT molecular complexity index is 456. The predicted molar refractivity (Wildman–Crippen MR) is 71.7 cm³/mol. The van der Waals surface area contributed by atoms with Crippen LogP contribution >= 0.6 is 0 Å². The Morgan fingerprint density at radius 3 is 2.89 bits per heavy atom. The van der Waals surface area contributed by atoms with Gasteiger partial charge in [0.25, 0.3) is 5.91 Å². The van der Waals surface area contributed by atoms with Gasteiger partial charge in [-0.2, -0.15) is 0 Å². The average Bonchev–Trinajstić information content (AvgIpc) is 2.57. The van der Waals surface area contributed by atoms with E-state index >= 15 is 0 Å². The fourth-order valence-corrected chi connectivity index (χ4v) is 2.58. The molecule has 1 aliphatic rings. The lowest BCUT2D eigenvalue weighted by Crippen LogP contribution is -2.21. The number of fused-ring (bicyclic) bond motifs is 1. The maximum absolute atomic E-state index is 11.5. The van der Waals surface area contributed by atoms with E-state index in [-0.39, 0.29) is 6.61 Å². The van der Waals surface area contributed by atoms with Gasteiger partial charge in [-0.3, -0.25) is 4.79 Å². The Balaban J connectivity index is 2.29. The number of rotatable bonds is 5. The third-order valence-corrected chi connectivity index (χ3v) is 3.53. The van der Waals surface area contributed by atoms with Gasteiger partial charge in [-0.05, 0) is 32.9 Å². The molecule has 0 atom stereocenters. The van der Waals surface area contributed by atoms with Gasteiger partial charge < -0.3 is 20.3 Å². The van der Waals surface area contributed by atoms with Gasteiger partial charge in [-0.1, -0.05) is 0 Å². The molecular weight excluding hydrogens is 244 g/mol. The number of unbranched alkanes of at least 4 members (excludes halogenated alkanes) is 1. The van der Waals surface area contributed by atoms with Crippen molar-refractivity contribution in [3.8, 4) is 0 Å². The fraction of sp³-hybridized carbons (Fsp3) is 0.692. The molecule has 106 valence electrons. The first kappa shape index (κ1) is 14.0. The summed E-state index contributed by atoms with van der Waals surface area (Å²) in [5.74, 6) is 0.472. The molecule has 6 heteroatoms. The molecule has 1 aromatic heterocycles. The maximum atomic E-state index is 11.5. The van der Waals surface area contributed by atoms with Crippen molar-refractivity contribution < 1.29 is 9.90 Å². The molecule has 3 N–H and O–H groups in total. The monoisotopic (exact) mass is 266 g/mol. The molecule has 0 bridgehead atoms. The van der Waals surface area contributed by atoms with Crippen LogP contribution in [0.5, 0.6) is 0 Å². The molecule has 1 aliphatic heterocycles. The van der Waals surface area contributed by atoms with Gasteiger partial charge in [0, 0.05) is 26.1 Å². The molecule has 6 nitrogen and oxygen atoms in total. The van der Waals surface area contributed by atoms with Crippen LogP contribution in [0.2, 0.25) is 0 Å². The number of carbonyl (C=O) groups excluding carboxylic acids is 1. The molecule has 0 radical (unpaired) electrons. The van der Waals surface area contributed by atoms with E-state index in [1.165, 1.54) is 0 Å². The largest absolute Gasteiger partial charge is 0.396 e. The van der Waals surface area contributed by atoms with E-state index in [0.717, 1.165) is 50.3 Å². The van der Waals surface area contributed by atoms with E-state index in [0.29, 0.717) is 12.2 Å². The van der Waals surface area contributed by atoms with Crippen LogP contribution < -0.4 is 5.73 Å². The molecule has 0 aliphatic carbocycles. The third-order valence-electron chi connectivity index (χ3n) is 3.53. The molecular formula is C13H22N4O2. The van der Waals surface area contributed by atoms with Crippen LogP contribution in [0.15, 0.2) is 0 Å². The highest BCUT2D eigenvalue weighted by molar-refractivity contribution is 5.92. The van der Waals surface area contributed by atoms with Crippen molar-refractivity contribution in [3.05, 3.63) is 17.2 Å². The number of hydrogen-bond donors (Lipinski definition) is 2. The average molecular weight is 266 g/mol. The number of nitrogens with two attached hydrogens (primary N) is 1. The number of hydrogen-bond acceptors (Lipinski definition) is 4. The first-order valence-electron chi connectivity index (χ1n) is 6.81. The second-order valence-electron chi connectivity index (χ2n) is 5.11. The van der Waals surface area contributed by atoms with Crippen LogP contribution in [0.4, 0.5) is 0 Å². The molecule has 19 heavy (non-hydrogen) atoms. The van der Waals surface area contributed by atoms with E-state index in [2.05, 4.69) is 14.5 Å². The van der Waals surface area contributed by atoms with E-state index in [1.807, 2.05) is 7.05 Å². The van der Waals surface area contributed by atoms with Gasteiger partial charge in [-0.15, -0.1) is 0 Å². The Labute approximate surface area is 113 Å². The number of imidazole rings is 1. The Kier molecular flexibility index (Phi) is 4.55. The van der Waals surface area contributed by atoms with E-state index in [9.17, 15) is 4.79 Å². The fourth-order valence-electron chi connectivity index (χ4n) is 2.58. The molecule has 0 saturated heterocycles. The lowest BCUT2D eigenvalue weighted by molar-refractivity contribution is 0.0994. The molecule has 0 fully saturated rings. The standard InChI is InChI=1S/C13H22N4O2/c1-16-6-4-7-17-10(9-16)12(13(14)19)15-11(17)5-2-3-8-18/h18H,2-9H2,1H3,(H2,14,19). The lowest BCUT2D eigenvalue weighted by atomic mass is 10.2. The van der Waals surface area contributed by atoms with Crippen molar-refractivity contribution in [2.24, 2.45) is 5.73 Å². The summed E-state index contributed by atoms with van der Waals surface area (Å²) in [4.78, 5) is 18.1. The SMILES string of the molecule is CN1CCCn2c(CCCCO)nc(C(N)=O)c2C1. The van der Waals surface area contributed by atoms with Crippen molar-refractivity contribution in [2.45, 2.75) is 38.8 Å². The first-order chi connectivity index (χ1) is 9.13. The predicted octanol–water partition coefficient (Wildman–Crippen LogP) is 0.132. The zero-order valence-electron chi connectivity index (χ0n) is 11.4. The summed E-state index contributed by atoms with van der Waals surface area (Å²) in [6.45, 7) is 2.80. The minimum absolute atomic E-state index is 0.193. The summed E-state index contributed by atoms with van der Waals surface area (Å²) in [6, 6.07) is 0. The number of nitrogens with zero attached hydrogens (tertiary/aromatic N) is 3. The van der Waals surface area contributed by atoms with Crippen LogP contribution in [-0.4, -0.2) is 45.7 Å². The first-order valence-corrected chi connectivity index (χ1v) is 6.81. The molecule has 0 spiro atoms. The zero-order valence-corrected chi connectivity index (χ0v) is 11.4. The summed E-state index contributed by atoms with van der Waals surface area (Å²) in [6.07, 6.45) is 3.46. The quantitative estimate of drug-likeness (QED) is 0.742. The van der Waals surface area contributed by atoms with Crippen molar-refractivity contribution in [1.82, 2.24) is 14.5 Å². The summed E-state index contributed by atoms with van der Waals surface area (Å²) < 4.78 is 2.14. The number of amides is 1. The number of primary amides is 1. The highest BCUT2D eigenvalue weighted by Gasteiger charge is 2.23. The van der Waals surface area contributed by atoms with E-state index < -0.39 is 5.91 Å². The van der Waals surface area contributed by atoms with Gasteiger partial charge in [0.2, 0.25) is 0 Å². The number of aryl methyl sites for hydroxylation is 1. The normalized spacial score (nSPS) is 16.1. The minimum atomic E-state index is -0.451. The van der Waals surface area contributed by atoms with E-state index in [1.54, 1.807) is 0 Å². The van der Waals surface area contributed by atoms with Crippen LogP contribution in [0.25, 0.3) is 0 Å². The molecule has 2 heterocycles. The second kappa shape index (κ2) is 6.16. The Morgan fingerprint density at radius 1 is 1.42 bits per heavy atom. The highest BCUT2D eigenvalue weighted by atomic mass is 16.2. The number of aliphatic hydroxyl groups is 1. The molecule has 2 rings (SSSR count). The van der Waals surface area contributed by atoms with Gasteiger partial charge in [0.05, 0.1) is 5.69 Å². The number of aromatic nitrogens is 2. The highest BCUT2D eigenvalue weighted by Crippen LogP contribution is 2.19. The van der Waals surface area contributed by atoms with Crippen molar-refractivity contribution >= 4 is 5.91 Å². The smallest absolute Gasteiger partial charge is 0.269 e. The maximum Gasteiger partial charge on any atom is 0.269 e. The topological polar surface area (TPSA) is 84.4 Å². The van der Waals surface area contributed by atoms with Gasteiger partial charge >= 0.3 is 0 Å². The van der Waals surface area contributed by atoms with E-state index in [4.69, 9.17) is 10.8 Å². The molecule has 0 saturated carbocycles. The summed E-state index contributed by atoms with van der Waals surface area (Å²) in [5, 5.41) is 8.85. The van der Waals surface area contributed by atoms with Crippen molar-refractivity contribution in [1.29, 1.82) is 0 Å². The van der Waals surface area contributed by atoms with Crippen LogP contribution in [0.3, 0.4) is 0 Å². The van der Waals surface area contributed by atoms with Crippen molar-refractivity contribution in [2.75, 3.05) is 20.2 Å². The van der Waals surface area contributed by atoms with Gasteiger partial charge in [0.15, 0.2) is 5.69 Å². The van der Waals surface area contributed by atoms with Crippen molar-refractivity contribution in [3.63, 3.8) is 0 Å². The third kappa shape index (κ3) is 3.13. The van der Waals surface area contributed by atoms with Gasteiger partial charge in [-0.25, -0.2) is 4.98 Å². The van der Waals surface area contributed by atoms with Gasteiger partial charge in [0.1, 0.15) is 5.82 Å². The summed E-state index contributed by atoms with van der Waals surface area (Å²) in [7, 11) is 2.04.